The molecule has 2 heterocycles. The molecule has 0 bridgehead atoms. The Morgan fingerprint density at radius 3 is 2.70 bits per heavy atom. The summed E-state index contributed by atoms with van der Waals surface area (Å²) < 4.78 is 6.94. The van der Waals surface area contributed by atoms with Gasteiger partial charge in [-0.1, -0.05) is 23.7 Å². The van der Waals surface area contributed by atoms with E-state index in [2.05, 4.69) is 21.3 Å². The van der Waals surface area contributed by atoms with Gasteiger partial charge in [0, 0.05) is 51.2 Å². The maximum Gasteiger partial charge on any atom is 0.118 e. The largest absolute Gasteiger partial charge is 0.497 e. The first kappa shape index (κ1) is 15.4. The molecule has 0 saturated heterocycles. The number of rotatable bonds is 3. The summed E-state index contributed by atoms with van der Waals surface area (Å²) in [6, 6.07) is 7.80. The molecule has 1 radical (unpaired) electrons. The number of ether oxygens (including phenoxy) is 1. The second-order valence-electron chi connectivity index (χ2n) is 3.98. The van der Waals surface area contributed by atoms with Crippen LogP contribution in [0.3, 0.4) is 0 Å². The molecule has 5 nitrogen and oxygen atoms in total. The fourth-order valence-electron chi connectivity index (χ4n) is 1.82. The molecule has 0 fully saturated rings. The Bertz CT molecular complexity index is 714. The van der Waals surface area contributed by atoms with E-state index >= 15 is 0 Å². The van der Waals surface area contributed by atoms with E-state index in [1.165, 1.54) is 6.33 Å². The molecule has 0 aliphatic heterocycles. The molecule has 0 N–H and O–H groups in total. The van der Waals surface area contributed by atoms with Gasteiger partial charge in [-0.3, -0.25) is 4.98 Å². The van der Waals surface area contributed by atoms with Crippen LogP contribution in [0.1, 0.15) is 5.56 Å². The third-order valence-corrected chi connectivity index (χ3v) is 3.07. The molecule has 99 valence electrons. The predicted molar refractivity (Wildman–Crippen MR) is 71.3 cm³/mol. The second kappa shape index (κ2) is 6.61. The van der Waals surface area contributed by atoms with E-state index < -0.39 is 0 Å². The summed E-state index contributed by atoms with van der Waals surface area (Å²) in [5.74, 6) is 0.827. The molecule has 0 amide bonds. The smallest absolute Gasteiger partial charge is 0.118 e. The Morgan fingerprint density at radius 2 is 2.00 bits per heavy atom. The zero-order chi connectivity index (χ0) is 13.2. The van der Waals surface area contributed by atoms with E-state index in [9.17, 15) is 0 Å². The fraction of sp³-hybridized carbons (Fsp3) is 0.154. The molecule has 20 heavy (non-hydrogen) atoms. The second-order valence-corrected chi connectivity index (χ2v) is 4.34. The molecule has 0 saturated carbocycles. The van der Waals surface area contributed by atoms with E-state index in [1.807, 2.05) is 28.8 Å². The van der Waals surface area contributed by atoms with Crippen molar-refractivity contribution in [2.45, 2.75) is 6.54 Å². The Labute approximate surface area is 146 Å². The number of hydrogen-bond donors (Lipinski definition) is 0. The minimum atomic E-state index is 0. The quantitative estimate of drug-likeness (QED) is 0.530. The van der Waals surface area contributed by atoms with Gasteiger partial charge in [0.1, 0.15) is 12.1 Å². The van der Waals surface area contributed by atoms with Crippen molar-refractivity contribution in [2.24, 2.45) is 0 Å². The molecule has 2 aromatic heterocycles. The Hall–Kier alpha value is -1.04. The van der Waals surface area contributed by atoms with Crippen LogP contribution in [-0.2, 0) is 39.3 Å². The summed E-state index contributed by atoms with van der Waals surface area (Å²) in [6.07, 6.45) is 4.30. The summed E-state index contributed by atoms with van der Waals surface area (Å²) in [5, 5.41) is 0.342. The Morgan fingerprint density at radius 1 is 1.25 bits per heavy atom. The van der Waals surface area contributed by atoms with Gasteiger partial charge in [-0.15, -0.1) is 0 Å². The Kier molecular flexibility index (Phi) is 5.08. The molecule has 0 aliphatic rings. The van der Waals surface area contributed by atoms with Gasteiger partial charge in [-0.2, -0.15) is 0 Å². The van der Waals surface area contributed by atoms with Gasteiger partial charge in [0.2, 0.25) is 0 Å². The summed E-state index contributed by atoms with van der Waals surface area (Å²) in [7, 11) is 1.64. The van der Waals surface area contributed by atoms with Crippen molar-refractivity contribution in [2.75, 3.05) is 7.11 Å². The molecular formula is C13H10ClN4OY-. The molecule has 0 spiro atoms. The number of aromatic nitrogens is 4. The molecule has 3 rings (SSSR count). The number of benzene rings is 1. The van der Waals surface area contributed by atoms with E-state index in [4.69, 9.17) is 16.3 Å². The van der Waals surface area contributed by atoms with Crippen molar-refractivity contribution >= 4 is 22.8 Å². The van der Waals surface area contributed by atoms with Gasteiger partial charge in [-0.25, -0.2) is 4.98 Å². The normalized spacial score (nSPS) is 10.3. The van der Waals surface area contributed by atoms with Crippen molar-refractivity contribution in [3.63, 3.8) is 0 Å². The van der Waals surface area contributed by atoms with E-state index in [0.29, 0.717) is 22.9 Å². The van der Waals surface area contributed by atoms with Crippen LogP contribution in [0.4, 0.5) is 0 Å². The minimum Gasteiger partial charge on any atom is -0.497 e. The molecule has 0 aliphatic carbocycles. The maximum atomic E-state index is 5.95. The number of halogens is 1. The van der Waals surface area contributed by atoms with Crippen molar-refractivity contribution in [1.82, 2.24) is 19.5 Å². The van der Waals surface area contributed by atoms with Crippen molar-refractivity contribution in [1.29, 1.82) is 0 Å². The zero-order valence-electron chi connectivity index (χ0n) is 10.7. The van der Waals surface area contributed by atoms with Crippen LogP contribution in [-0.4, -0.2) is 26.6 Å². The third-order valence-electron chi connectivity index (χ3n) is 2.80. The first-order chi connectivity index (χ1) is 9.28. The molecule has 0 unspecified atom stereocenters. The topological polar surface area (TPSA) is 52.8 Å². The van der Waals surface area contributed by atoms with Crippen LogP contribution in [0.5, 0.6) is 5.75 Å². The number of methoxy groups -OCH3 is 1. The minimum absolute atomic E-state index is 0. The number of fused-ring (bicyclic) bond motifs is 1. The van der Waals surface area contributed by atoms with Gasteiger partial charge in [0.15, 0.2) is 0 Å². The van der Waals surface area contributed by atoms with Crippen LogP contribution >= 0.6 is 11.6 Å². The summed E-state index contributed by atoms with van der Waals surface area (Å²) in [6.45, 7) is 0.619. The first-order valence-electron chi connectivity index (χ1n) is 5.65. The zero-order valence-corrected chi connectivity index (χ0v) is 14.3. The van der Waals surface area contributed by atoms with Crippen LogP contribution in [0, 0.1) is 6.33 Å². The monoisotopic (exact) mass is 362 g/mol. The predicted octanol–water partition coefficient (Wildman–Crippen LogP) is 2.33. The van der Waals surface area contributed by atoms with Crippen molar-refractivity contribution < 1.29 is 37.4 Å². The summed E-state index contributed by atoms with van der Waals surface area (Å²) in [5.41, 5.74) is 2.35. The van der Waals surface area contributed by atoms with E-state index in [1.54, 1.807) is 7.11 Å². The molecule has 0 atom stereocenters. The van der Waals surface area contributed by atoms with Crippen LogP contribution in [0.15, 0.2) is 30.6 Å². The third kappa shape index (κ3) is 3.00. The average molecular weight is 363 g/mol. The van der Waals surface area contributed by atoms with Crippen LogP contribution < -0.4 is 4.74 Å². The van der Waals surface area contributed by atoms with Gasteiger partial charge in [0.25, 0.3) is 0 Å². The Balaban J connectivity index is 0.00000147. The number of hydrogen-bond acceptors (Lipinski definition) is 4. The number of imidazole rings is 1. The molecule has 7 heteroatoms. The summed E-state index contributed by atoms with van der Waals surface area (Å²) in [4.78, 5) is 12.2. The summed E-state index contributed by atoms with van der Waals surface area (Å²) >= 11 is 5.95. The van der Waals surface area contributed by atoms with E-state index in [-0.39, 0.29) is 32.7 Å². The SMILES string of the molecule is COc1ccc(Cn2[c-]nc3c(Cl)ncnc32)cc1.[Y]. The number of nitrogens with zero attached hydrogens (tertiary/aromatic N) is 4. The maximum absolute atomic E-state index is 5.95. The van der Waals surface area contributed by atoms with Gasteiger partial charge in [-0.05, 0) is 23.2 Å². The van der Waals surface area contributed by atoms with Crippen LogP contribution in [0.2, 0.25) is 5.15 Å². The van der Waals surface area contributed by atoms with Gasteiger partial charge < -0.3 is 14.3 Å². The van der Waals surface area contributed by atoms with Crippen molar-refractivity contribution in [3.8, 4) is 5.75 Å². The molecule has 3 aromatic rings. The first-order valence-corrected chi connectivity index (χ1v) is 6.03. The van der Waals surface area contributed by atoms with Gasteiger partial charge >= 0.3 is 0 Å². The van der Waals surface area contributed by atoms with E-state index in [0.717, 1.165) is 11.3 Å². The van der Waals surface area contributed by atoms with Crippen molar-refractivity contribution in [3.05, 3.63) is 47.6 Å². The van der Waals surface area contributed by atoms with Crippen LogP contribution in [0.25, 0.3) is 11.2 Å². The molecule has 1 aromatic carbocycles. The standard InChI is InChI=1S/C13H10ClN4O.Y/c1-19-10-4-2-9(3-5-10)6-18-8-17-11-12(14)15-7-16-13(11)18;/h2-5,7H,6H2,1H3;/q-1;. The average Bonchev–Trinajstić information content (AvgIpc) is 2.84. The van der Waals surface area contributed by atoms with Gasteiger partial charge in [0.05, 0.1) is 12.3 Å². The molecular weight excluding hydrogens is 353 g/mol. The fourth-order valence-corrected chi connectivity index (χ4v) is 1.99.